The van der Waals surface area contributed by atoms with E-state index in [-0.39, 0.29) is 12.1 Å². The van der Waals surface area contributed by atoms with Gasteiger partial charge in [-0.25, -0.2) is 9.67 Å². The van der Waals surface area contributed by atoms with Crippen molar-refractivity contribution in [1.29, 1.82) is 0 Å². The fourth-order valence-corrected chi connectivity index (χ4v) is 3.58. The monoisotopic (exact) mass is 394 g/mol. The Bertz CT molecular complexity index is 916. The second-order valence-corrected chi connectivity index (χ2v) is 7.02. The molecule has 2 N–H and O–H groups in total. The van der Waals surface area contributed by atoms with Crippen LogP contribution in [0.2, 0.25) is 0 Å². The molecule has 0 bridgehead atoms. The van der Waals surface area contributed by atoms with Gasteiger partial charge in [-0.05, 0) is 11.6 Å². The smallest absolute Gasteiger partial charge is 0.224 e. The van der Waals surface area contributed by atoms with Crippen LogP contribution in [0.25, 0.3) is 0 Å². The molecule has 2 atom stereocenters. The van der Waals surface area contributed by atoms with E-state index in [1.807, 2.05) is 42.2 Å². The van der Waals surface area contributed by atoms with E-state index in [4.69, 9.17) is 4.74 Å². The number of aromatic nitrogens is 5. The van der Waals surface area contributed by atoms with Crippen molar-refractivity contribution < 1.29 is 4.74 Å². The number of rotatable bonds is 8. The number of ether oxygens (including phenoxy) is 1. The molecule has 3 aromatic rings. The van der Waals surface area contributed by atoms with Gasteiger partial charge in [-0.15, -0.1) is 5.10 Å². The molecule has 0 saturated carbocycles. The van der Waals surface area contributed by atoms with Crippen molar-refractivity contribution in [2.45, 2.75) is 25.2 Å². The molecule has 0 aliphatic carbocycles. The van der Waals surface area contributed by atoms with E-state index in [1.54, 1.807) is 13.3 Å². The molecule has 1 aliphatic heterocycles. The standard InChI is InChI=1S/C20H26N8O/c1-21-20-22-9-8-19(25-20)27-13-17(18(14-27)29-2)23-10-16-11-24-26-28(16)12-15-6-4-3-5-7-15/h3-9,11,17-18,23H,10,12-14H2,1-2H3,(H,21,22,25)/t17-,18+/m1/s1. The minimum absolute atomic E-state index is 0.0708. The van der Waals surface area contributed by atoms with Crippen LogP contribution in [-0.2, 0) is 17.8 Å². The van der Waals surface area contributed by atoms with Gasteiger partial charge in [0, 0.05) is 40.0 Å². The zero-order valence-electron chi connectivity index (χ0n) is 16.7. The van der Waals surface area contributed by atoms with Crippen LogP contribution in [0.5, 0.6) is 0 Å². The third-order valence-electron chi connectivity index (χ3n) is 5.18. The maximum absolute atomic E-state index is 5.73. The Labute approximate surface area is 170 Å². The molecule has 29 heavy (non-hydrogen) atoms. The first-order valence-electron chi connectivity index (χ1n) is 9.70. The molecule has 0 spiro atoms. The summed E-state index contributed by atoms with van der Waals surface area (Å²) in [5.41, 5.74) is 2.24. The first-order valence-corrected chi connectivity index (χ1v) is 9.70. The summed E-state index contributed by atoms with van der Waals surface area (Å²) in [6.07, 6.45) is 3.65. The fourth-order valence-electron chi connectivity index (χ4n) is 3.58. The van der Waals surface area contributed by atoms with Crippen LogP contribution in [0.3, 0.4) is 0 Å². The first-order chi connectivity index (χ1) is 14.3. The molecule has 9 nitrogen and oxygen atoms in total. The predicted octanol–water partition coefficient (Wildman–Crippen LogP) is 1.15. The van der Waals surface area contributed by atoms with Crippen molar-refractivity contribution in [2.75, 3.05) is 37.5 Å². The summed E-state index contributed by atoms with van der Waals surface area (Å²) in [5.74, 6) is 1.51. The minimum Gasteiger partial charge on any atom is -0.378 e. The maximum atomic E-state index is 5.73. The zero-order chi connectivity index (χ0) is 20.1. The lowest BCUT2D eigenvalue weighted by molar-refractivity contribution is 0.0964. The largest absolute Gasteiger partial charge is 0.378 e. The number of hydrogen-bond donors (Lipinski definition) is 2. The highest BCUT2D eigenvalue weighted by Crippen LogP contribution is 2.21. The molecule has 0 amide bonds. The third-order valence-corrected chi connectivity index (χ3v) is 5.18. The van der Waals surface area contributed by atoms with Gasteiger partial charge in [-0.1, -0.05) is 35.5 Å². The number of nitrogens with one attached hydrogen (secondary N) is 2. The molecule has 1 fully saturated rings. The van der Waals surface area contributed by atoms with Gasteiger partial charge < -0.3 is 20.3 Å². The van der Waals surface area contributed by atoms with Gasteiger partial charge in [0.05, 0.1) is 30.6 Å². The van der Waals surface area contributed by atoms with Crippen LogP contribution in [0.15, 0.2) is 48.8 Å². The van der Waals surface area contributed by atoms with E-state index in [1.165, 1.54) is 5.56 Å². The summed E-state index contributed by atoms with van der Waals surface area (Å²) in [6.45, 7) is 2.95. The van der Waals surface area contributed by atoms with Crippen molar-refractivity contribution in [2.24, 2.45) is 0 Å². The van der Waals surface area contributed by atoms with Crippen molar-refractivity contribution >= 4 is 11.8 Å². The van der Waals surface area contributed by atoms with E-state index >= 15 is 0 Å². The molecule has 0 radical (unpaired) electrons. The Kier molecular flexibility index (Phi) is 5.97. The fraction of sp³-hybridized carbons (Fsp3) is 0.400. The van der Waals surface area contributed by atoms with Gasteiger partial charge in [0.1, 0.15) is 5.82 Å². The van der Waals surface area contributed by atoms with Crippen LogP contribution < -0.4 is 15.5 Å². The van der Waals surface area contributed by atoms with E-state index in [2.05, 4.69) is 47.9 Å². The zero-order valence-corrected chi connectivity index (χ0v) is 16.7. The summed E-state index contributed by atoms with van der Waals surface area (Å²) < 4.78 is 7.66. The summed E-state index contributed by atoms with van der Waals surface area (Å²) in [7, 11) is 3.57. The van der Waals surface area contributed by atoms with Crippen molar-refractivity contribution in [3.63, 3.8) is 0 Å². The molecule has 1 saturated heterocycles. The second-order valence-electron chi connectivity index (χ2n) is 7.02. The number of methoxy groups -OCH3 is 1. The van der Waals surface area contributed by atoms with E-state index < -0.39 is 0 Å². The Morgan fingerprint density at radius 1 is 1.17 bits per heavy atom. The van der Waals surface area contributed by atoms with Crippen molar-refractivity contribution in [1.82, 2.24) is 30.3 Å². The lowest BCUT2D eigenvalue weighted by atomic mass is 10.2. The number of hydrogen-bond acceptors (Lipinski definition) is 8. The highest BCUT2D eigenvalue weighted by molar-refractivity contribution is 5.44. The lowest BCUT2D eigenvalue weighted by Gasteiger charge is -2.18. The molecule has 2 aromatic heterocycles. The minimum atomic E-state index is 0.0708. The summed E-state index contributed by atoms with van der Waals surface area (Å²) in [5, 5.41) is 14.9. The molecule has 1 aliphatic rings. The molecular formula is C20H26N8O. The van der Waals surface area contributed by atoms with E-state index in [0.29, 0.717) is 19.0 Å². The average molecular weight is 394 g/mol. The molecule has 152 valence electrons. The normalized spacial score (nSPS) is 18.9. The lowest BCUT2D eigenvalue weighted by Crippen LogP contribution is -2.40. The molecule has 3 heterocycles. The van der Waals surface area contributed by atoms with Crippen LogP contribution in [0.4, 0.5) is 11.8 Å². The van der Waals surface area contributed by atoms with Crippen LogP contribution in [0.1, 0.15) is 11.3 Å². The summed E-state index contributed by atoms with van der Waals surface area (Å²) in [4.78, 5) is 10.9. The summed E-state index contributed by atoms with van der Waals surface area (Å²) in [6, 6.07) is 12.4. The van der Waals surface area contributed by atoms with Crippen molar-refractivity contribution in [3.8, 4) is 0 Å². The molecule has 4 rings (SSSR count). The third kappa shape index (κ3) is 4.52. The van der Waals surface area contributed by atoms with E-state index in [0.717, 1.165) is 24.6 Å². The van der Waals surface area contributed by atoms with Gasteiger partial charge in [0.2, 0.25) is 5.95 Å². The Morgan fingerprint density at radius 3 is 2.83 bits per heavy atom. The van der Waals surface area contributed by atoms with Gasteiger partial charge in [0.25, 0.3) is 0 Å². The number of anilines is 2. The van der Waals surface area contributed by atoms with Crippen molar-refractivity contribution in [3.05, 3.63) is 60.0 Å². The number of nitrogens with zero attached hydrogens (tertiary/aromatic N) is 6. The first kappa shape index (κ1) is 19.3. The van der Waals surface area contributed by atoms with Gasteiger partial charge in [0.15, 0.2) is 0 Å². The van der Waals surface area contributed by atoms with E-state index in [9.17, 15) is 0 Å². The molecular weight excluding hydrogens is 368 g/mol. The molecule has 9 heteroatoms. The number of benzene rings is 1. The maximum Gasteiger partial charge on any atom is 0.224 e. The Balaban J connectivity index is 1.40. The van der Waals surface area contributed by atoms with Gasteiger partial charge in [-0.2, -0.15) is 4.98 Å². The van der Waals surface area contributed by atoms with Crippen LogP contribution in [0, 0.1) is 0 Å². The molecule has 0 unspecified atom stereocenters. The van der Waals surface area contributed by atoms with Crippen LogP contribution >= 0.6 is 0 Å². The predicted molar refractivity (Wildman–Crippen MR) is 111 cm³/mol. The molecule has 1 aromatic carbocycles. The Hall–Kier alpha value is -3.04. The van der Waals surface area contributed by atoms with Gasteiger partial charge in [-0.3, -0.25) is 0 Å². The van der Waals surface area contributed by atoms with Crippen LogP contribution in [-0.4, -0.2) is 64.4 Å². The SMILES string of the molecule is CNc1nccc(N2C[C@H](OC)[C@H](NCc3cnnn3Cc3ccccc3)C2)n1. The van der Waals surface area contributed by atoms with Gasteiger partial charge >= 0.3 is 0 Å². The quantitative estimate of drug-likeness (QED) is 0.588. The highest BCUT2D eigenvalue weighted by atomic mass is 16.5. The topological polar surface area (TPSA) is 93.0 Å². The second kappa shape index (κ2) is 8.97. The Morgan fingerprint density at radius 2 is 2.03 bits per heavy atom. The average Bonchev–Trinajstić information content (AvgIpc) is 3.39. The highest BCUT2D eigenvalue weighted by Gasteiger charge is 2.33. The summed E-state index contributed by atoms with van der Waals surface area (Å²) >= 11 is 0.